The zero-order chi connectivity index (χ0) is 20.2. The molecule has 2 aromatic carbocycles. The summed E-state index contributed by atoms with van der Waals surface area (Å²) in [5, 5.41) is 5.92. The number of aromatic nitrogens is 2. The molecule has 3 aromatic rings. The molecule has 29 heavy (non-hydrogen) atoms. The predicted molar refractivity (Wildman–Crippen MR) is 114 cm³/mol. The number of aryl methyl sites for hydroxylation is 2. The van der Waals surface area contributed by atoms with E-state index in [1.54, 1.807) is 0 Å². The fourth-order valence-electron chi connectivity index (χ4n) is 3.98. The quantitative estimate of drug-likeness (QED) is 0.607. The maximum Gasteiger partial charge on any atom is 0.227 e. The molecule has 2 heterocycles. The van der Waals surface area contributed by atoms with Gasteiger partial charge in [-0.25, -0.2) is 4.98 Å². The van der Waals surface area contributed by atoms with E-state index in [-0.39, 0.29) is 17.7 Å². The number of rotatable bonds is 7. The van der Waals surface area contributed by atoms with Crippen molar-refractivity contribution in [3.8, 4) is 0 Å². The third-order valence-corrected chi connectivity index (χ3v) is 5.56. The zero-order valence-electron chi connectivity index (χ0n) is 16.6. The predicted octanol–water partition coefficient (Wildman–Crippen LogP) is 3.44. The highest BCUT2D eigenvalue weighted by Gasteiger charge is 2.26. The van der Waals surface area contributed by atoms with Crippen molar-refractivity contribution in [2.45, 2.75) is 39.2 Å². The van der Waals surface area contributed by atoms with E-state index in [0.29, 0.717) is 25.8 Å². The first-order valence-electron chi connectivity index (χ1n) is 10.2. The molecule has 6 heteroatoms. The Balaban J connectivity index is 1.22. The highest BCUT2D eigenvalue weighted by molar-refractivity contribution is 5.96. The van der Waals surface area contributed by atoms with Gasteiger partial charge in [0.15, 0.2) is 0 Å². The summed E-state index contributed by atoms with van der Waals surface area (Å²) >= 11 is 0. The normalized spacial score (nSPS) is 15.8. The second kappa shape index (κ2) is 8.47. The van der Waals surface area contributed by atoms with Gasteiger partial charge in [-0.1, -0.05) is 30.3 Å². The highest BCUT2D eigenvalue weighted by Crippen LogP contribution is 2.27. The molecular weight excluding hydrogens is 364 g/mol. The van der Waals surface area contributed by atoms with Gasteiger partial charge in [-0.15, -0.1) is 0 Å². The molecular formula is C23H26N4O2. The van der Waals surface area contributed by atoms with E-state index in [4.69, 9.17) is 0 Å². The van der Waals surface area contributed by atoms with Crippen LogP contribution in [0.2, 0.25) is 0 Å². The number of anilines is 1. The molecule has 0 aliphatic carbocycles. The van der Waals surface area contributed by atoms with Crippen LogP contribution in [0.4, 0.5) is 5.69 Å². The molecule has 1 aliphatic heterocycles. The van der Waals surface area contributed by atoms with Crippen LogP contribution in [0.1, 0.15) is 30.7 Å². The molecule has 1 unspecified atom stereocenters. The molecule has 2 N–H and O–H groups in total. The third kappa shape index (κ3) is 4.31. The number of hydrogen-bond acceptors (Lipinski definition) is 3. The van der Waals surface area contributed by atoms with Crippen molar-refractivity contribution in [3.05, 3.63) is 59.9 Å². The van der Waals surface area contributed by atoms with E-state index < -0.39 is 0 Å². The lowest BCUT2D eigenvalue weighted by atomic mass is 9.89. The third-order valence-electron chi connectivity index (χ3n) is 5.56. The van der Waals surface area contributed by atoms with E-state index in [2.05, 4.69) is 26.3 Å². The highest BCUT2D eigenvalue weighted by atomic mass is 16.2. The molecule has 0 saturated carbocycles. The fraction of sp³-hybridized carbons (Fsp3) is 0.348. The fourth-order valence-corrected chi connectivity index (χ4v) is 3.98. The van der Waals surface area contributed by atoms with Crippen molar-refractivity contribution in [1.82, 2.24) is 14.9 Å². The molecule has 0 fully saturated rings. The van der Waals surface area contributed by atoms with Gasteiger partial charge in [-0.05, 0) is 49.9 Å². The molecule has 0 spiro atoms. The molecule has 1 aromatic heterocycles. The van der Waals surface area contributed by atoms with Crippen LogP contribution in [-0.2, 0) is 22.6 Å². The Morgan fingerprint density at radius 3 is 2.90 bits per heavy atom. The topological polar surface area (TPSA) is 76.0 Å². The Morgan fingerprint density at radius 2 is 2.00 bits per heavy atom. The number of nitrogens with one attached hydrogen (secondary N) is 2. The number of hydrogen-bond donors (Lipinski definition) is 2. The van der Waals surface area contributed by atoms with Crippen molar-refractivity contribution >= 4 is 28.5 Å². The lowest BCUT2D eigenvalue weighted by Gasteiger charge is -2.24. The average molecular weight is 390 g/mol. The van der Waals surface area contributed by atoms with Gasteiger partial charge in [0.05, 0.1) is 11.0 Å². The summed E-state index contributed by atoms with van der Waals surface area (Å²) in [6.45, 7) is 3.44. The minimum absolute atomic E-state index is 0.00358. The largest absolute Gasteiger partial charge is 0.356 e. The van der Waals surface area contributed by atoms with Gasteiger partial charge < -0.3 is 15.2 Å². The van der Waals surface area contributed by atoms with Gasteiger partial charge in [-0.2, -0.15) is 0 Å². The number of benzene rings is 2. The van der Waals surface area contributed by atoms with Crippen molar-refractivity contribution in [3.63, 3.8) is 0 Å². The molecule has 1 atom stereocenters. The van der Waals surface area contributed by atoms with E-state index in [9.17, 15) is 9.59 Å². The summed E-state index contributed by atoms with van der Waals surface area (Å²) in [5.41, 5.74) is 4.15. The number of para-hydroxylation sites is 3. The maximum absolute atomic E-state index is 12.2. The van der Waals surface area contributed by atoms with Crippen LogP contribution in [0, 0.1) is 12.8 Å². The van der Waals surface area contributed by atoms with E-state index in [1.807, 2.05) is 49.4 Å². The Morgan fingerprint density at radius 1 is 1.21 bits per heavy atom. The molecule has 150 valence electrons. The smallest absolute Gasteiger partial charge is 0.227 e. The molecule has 4 rings (SSSR count). The number of imidazole rings is 1. The summed E-state index contributed by atoms with van der Waals surface area (Å²) in [5.74, 6) is 0.861. The summed E-state index contributed by atoms with van der Waals surface area (Å²) in [6.07, 6.45) is 2.47. The molecule has 0 saturated heterocycles. The second-order valence-electron chi connectivity index (χ2n) is 7.59. The molecule has 2 amide bonds. The van der Waals surface area contributed by atoms with Crippen LogP contribution >= 0.6 is 0 Å². The van der Waals surface area contributed by atoms with E-state index in [0.717, 1.165) is 41.1 Å². The van der Waals surface area contributed by atoms with Crippen LogP contribution < -0.4 is 10.6 Å². The van der Waals surface area contributed by atoms with Crippen LogP contribution in [0.3, 0.4) is 0 Å². The van der Waals surface area contributed by atoms with Crippen molar-refractivity contribution in [1.29, 1.82) is 0 Å². The first-order chi connectivity index (χ1) is 14.1. The van der Waals surface area contributed by atoms with Crippen LogP contribution in [0.15, 0.2) is 48.5 Å². The van der Waals surface area contributed by atoms with Gasteiger partial charge in [0.1, 0.15) is 5.82 Å². The van der Waals surface area contributed by atoms with E-state index >= 15 is 0 Å². The van der Waals surface area contributed by atoms with Gasteiger partial charge in [0.2, 0.25) is 11.8 Å². The van der Waals surface area contributed by atoms with Gasteiger partial charge in [0.25, 0.3) is 0 Å². The Labute approximate surface area is 170 Å². The Bertz CT molecular complexity index is 1040. The molecule has 0 bridgehead atoms. The van der Waals surface area contributed by atoms with Crippen molar-refractivity contribution < 1.29 is 9.59 Å². The monoisotopic (exact) mass is 390 g/mol. The minimum Gasteiger partial charge on any atom is -0.356 e. The number of carbonyl (C=O) groups is 2. The summed E-state index contributed by atoms with van der Waals surface area (Å²) in [7, 11) is 0. The van der Waals surface area contributed by atoms with Crippen LogP contribution in [0.25, 0.3) is 11.0 Å². The molecule has 1 aliphatic rings. The number of fused-ring (bicyclic) bond motifs is 2. The standard InChI is InChI=1S/C23H26N4O2/c1-16-25-20-9-4-5-10-21(20)27(16)14-6-13-24-22(28)12-11-18-15-17-7-2-3-8-19(17)26-23(18)29/h2-5,7-10,18H,6,11-15H2,1H3,(H,24,28)(H,26,29). The number of carbonyl (C=O) groups excluding carboxylic acids is 2. The van der Waals surface area contributed by atoms with Crippen molar-refractivity contribution in [2.75, 3.05) is 11.9 Å². The molecule has 6 nitrogen and oxygen atoms in total. The SMILES string of the molecule is Cc1nc2ccccc2n1CCCNC(=O)CCC1Cc2ccccc2NC1=O. The Kier molecular flexibility index (Phi) is 5.60. The first-order valence-corrected chi connectivity index (χ1v) is 10.2. The van der Waals surface area contributed by atoms with Crippen LogP contribution in [0.5, 0.6) is 0 Å². The first kappa shape index (κ1) is 19.2. The summed E-state index contributed by atoms with van der Waals surface area (Å²) in [6, 6.07) is 15.9. The van der Waals surface area contributed by atoms with Gasteiger partial charge in [0, 0.05) is 31.1 Å². The average Bonchev–Trinajstić information content (AvgIpc) is 3.04. The van der Waals surface area contributed by atoms with Crippen LogP contribution in [-0.4, -0.2) is 27.9 Å². The zero-order valence-corrected chi connectivity index (χ0v) is 16.6. The lowest BCUT2D eigenvalue weighted by molar-refractivity contribution is -0.122. The van der Waals surface area contributed by atoms with Crippen molar-refractivity contribution in [2.24, 2.45) is 5.92 Å². The number of nitrogens with zero attached hydrogens (tertiary/aromatic N) is 2. The molecule has 0 radical (unpaired) electrons. The maximum atomic E-state index is 12.2. The van der Waals surface area contributed by atoms with E-state index in [1.165, 1.54) is 0 Å². The second-order valence-corrected chi connectivity index (χ2v) is 7.59. The summed E-state index contributed by atoms with van der Waals surface area (Å²) in [4.78, 5) is 29.0. The number of amides is 2. The lowest BCUT2D eigenvalue weighted by Crippen LogP contribution is -2.32. The summed E-state index contributed by atoms with van der Waals surface area (Å²) < 4.78 is 2.19. The Hall–Kier alpha value is -3.15. The minimum atomic E-state index is -0.143. The van der Waals surface area contributed by atoms with Gasteiger partial charge in [-0.3, -0.25) is 9.59 Å². The van der Waals surface area contributed by atoms with Gasteiger partial charge >= 0.3 is 0 Å².